The summed E-state index contributed by atoms with van der Waals surface area (Å²) in [6, 6.07) is 2.87. The average Bonchev–Trinajstić information content (AvgIpc) is 2.91. The summed E-state index contributed by atoms with van der Waals surface area (Å²) in [6.45, 7) is 4.05. The summed E-state index contributed by atoms with van der Waals surface area (Å²) in [5.41, 5.74) is 1.77. The Morgan fingerprint density at radius 3 is 2.31 bits per heavy atom. The van der Waals surface area contributed by atoms with Gasteiger partial charge >= 0.3 is 12.2 Å². The Kier molecular flexibility index (Phi) is 10.2. The number of aryl methyl sites for hydroxylation is 1. The second kappa shape index (κ2) is 13.4. The van der Waals surface area contributed by atoms with Gasteiger partial charge in [-0.3, -0.25) is 19.5 Å². The molecule has 2 unspecified atom stereocenters. The lowest BCUT2D eigenvalue weighted by atomic mass is 9.83. The number of carbonyl (C=O) groups is 3. The van der Waals surface area contributed by atoms with Gasteiger partial charge in [0.05, 0.1) is 6.42 Å². The molecule has 1 saturated carbocycles. The third kappa shape index (κ3) is 7.67. The third-order valence-electron chi connectivity index (χ3n) is 6.93. The Morgan fingerprint density at radius 2 is 1.79 bits per heavy atom. The normalized spacial score (nSPS) is 18.3. The summed E-state index contributed by atoms with van der Waals surface area (Å²) in [7, 11) is 1.86. The lowest BCUT2D eigenvalue weighted by Crippen LogP contribution is -2.66. The number of anilines is 2. The van der Waals surface area contributed by atoms with Crippen molar-refractivity contribution >= 4 is 29.4 Å². The quantitative estimate of drug-likeness (QED) is 0.508. The van der Waals surface area contributed by atoms with Gasteiger partial charge in [-0.2, -0.15) is 13.2 Å². The Hall–Kier alpha value is -3.70. The van der Waals surface area contributed by atoms with E-state index in [1.165, 1.54) is 22.9 Å². The molecule has 2 fully saturated rings. The van der Waals surface area contributed by atoms with Crippen molar-refractivity contribution in [1.82, 2.24) is 20.2 Å². The van der Waals surface area contributed by atoms with Crippen LogP contribution in [0.4, 0.5) is 29.5 Å². The van der Waals surface area contributed by atoms with Crippen LogP contribution in [0.3, 0.4) is 0 Å². The molecule has 12 heteroatoms. The molecule has 1 aliphatic carbocycles. The first kappa shape index (κ1) is 29.9. The van der Waals surface area contributed by atoms with Crippen LogP contribution in [0.1, 0.15) is 51.0 Å². The van der Waals surface area contributed by atoms with E-state index >= 15 is 0 Å². The van der Waals surface area contributed by atoms with Crippen molar-refractivity contribution in [3.63, 3.8) is 0 Å². The number of urea groups is 1. The third-order valence-corrected chi connectivity index (χ3v) is 6.93. The number of halogens is 3. The van der Waals surface area contributed by atoms with Crippen LogP contribution in [-0.4, -0.2) is 64.6 Å². The predicted molar refractivity (Wildman–Crippen MR) is 141 cm³/mol. The van der Waals surface area contributed by atoms with E-state index in [1.807, 2.05) is 31.4 Å². The van der Waals surface area contributed by atoms with Crippen molar-refractivity contribution in [2.24, 2.45) is 5.92 Å². The van der Waals surface area contributed by atoms with Gasteiger partial charge in [0.1, 0.15) is 17.9 Å². The molecule has 2 N–H and O–H groups in total. The van der Waals surface area contributed by atoms with Gasteiger partial charge in [-0.25, -0.2) is 9.78 Å². The maximum absolute atomic E-state index is 13.6. The smallest absolute Gasteiger partial charge is 0.373 e. The first-order valence-corrected chi connectivity index (χ1v) is 13.1. The highest BCUT2D eigenvalue weighted by Gasteiger charge is 2.51. The van der Waals surface area contributed by atoms with Crippen LogP contribution in [0.2, 0.25) is 0 Å². The molecule has 0 aromatic carbocycles. The topological polar surface area (TPSA) is 108 Å². The number of nitrogens with zero attached hydrogens (tertiary/aromatic N) is 4. The summed E-state index contributed by atoms with van der Waals surface area (Å²) in [6.07, 6.45) is 2.91. The van der Waals surface area contributed by atoms with Crippen LogP contribution in [-0.2, 0) is 9.59 Å². The number of rotatable bonds is 6. The summed E-state index contributed by atoms with van der Waals surface area (Å²) < 4.78 is 40.8. The first-order valence-electron chi connectivity index (χ1n) is 13.1. The zero-order valence-corrected chi connectivity index (χ0v) is 22.4. The van der Waals surface area contributed by atoms with E-state index in [9.17, 15) is 27.6 Å². The SMILES string of the molecule is CCN(C(=O)C1CC(=O)N1C(=O)NC(C1CCCCC1)C(F)(F)F)c1ccncc1.CNc1cc(C)ccn1. The molecule has 2 aromatic rings. The summed E-state index contributed by atoms with van der Waals surface area (Å²) in [5.74, 6) is -0.979. The molecule has 1 saturated heterocycles. The van der Waals surface area contributed by atoms with E-state index in [4.69, 9.17) is 0 Å². The molecule has 2 aromatic heterocycles. The minimum absolute atomic E-state index is 0.214. The summed E-state index contributed by atoms with van der Waals surface area (Å²) in [5, 5.41) is 4.96. The highest BCUT2D eigenvalue weighted by atomic mass is 19.4. The van der Waals surface area contributed by atoms with Gasteiger partial charge < -0.3 is 15.5 Å². The number of pyridine rings is 2. The Balaban J connectivity index is 0.000000395. The minimum atomic E-state index is -4.63. The zero-order chi connectivity index (χ0) is 28.6. The Morgan fingerprint density at radius 1 is 1.13 bits per heavy atom. The highest BCUT2D eigenvalue weighted by Crippen LogP contribution is 2.35. The molecule has 2 aliphatic rings. The Bertz CT molecular complexity index is 1130. The first-order chi connectivity index (χ1) is 18.6. The van der Waals surface area contributed by atoms with E-state index in [2.05, 4.69) is 15.3 Å². The molecular formula is C27H35F3N6O3. The predicted octanol–water partition coefficient (Wildman–Crippen LogP) is 4.69. The lowest BCUT2D eigenvalue weighted by Gasteiger charge is -2.41. The highest BCUT2D eigenvalue weighted by molar-refractivity contribution is 6.11. The van der Waals surface area contributed by atoms with E-state index in [0.29, 0.717) is 36.3 Å². The fraction of sp³-hybridized carbons (Fsp3) is 0.519. The molecule has 3 heterocycles. The number of imide groups is 1. The molecule has 0 bridgehead atoms. The molecule has 2 atom stereocenters. The van der Waals surface area contributed by atoms with Crippen LogP contribution >= 0.6 is 0 Å². The maximum Gasteiger partial charge on any atom is 0.408 e. The fourth-order valence-electron chi connectivity index (χ4n) is 4.85. The standard InChI is InChI=1S/C20H25F3N4O3.C7H10N2/c1-2-26(14-8-10-24-11-9-14)18(29)15-12-16(28)27(15)19(30)25-17(20(21,22)23)13-6-4-3-5-7-13;1-6-3-4-9-7(5-6)8-2/h8-11,13,15,17H,2-7,12H2,1H3,(H,25,30);3-5H,1-2H3,(H,8,9). The van der Waals surface area contributed by atoms with Crippen LogP contribution in [0, 0.1) is 12.8 Å². The van der Waals surface area contributed by atoms with Gasteiger partial charge in [-0.05, 0) is 62.4 Å². The van der Waals surface area contributed by atoms with E-state index in [-0.39, 0.29) is 13.0 Å². The van der Waals surface area contributed by atoms with Crippen molar-refractivity contribution in [2.45, 2.75) is 70.6 Å². The molecule has 0 radical (unpaired) electrons. The molecule has 0 spiro atoms. The number of carbonyl (C=O) groups excluding carboxylic acids is 3. The van der Waals surface area contributed by atoms with Crippen molar-refractivity contribution in [3.8, 4) is 0 Å². The van der Waals surface area contributed by atoms with Gasteiger partial charge in [0, 0.05) is 37.9 Å². The number of aromatic nitrogens is 2. The number of likely N-dealkylation sites (N-methyl/N-ethyl adjacent to an activating group) is 1. The molecular weight excluding hydrogens is 513 g/mol. The second-order valence-electron chi connectivity index (χ2n) is 9.61. The number of nitrogens with one attached hydrogen (secondary N) is 2. The van der Waals surface area contributed by atoms with Crippen molar-refractivity contribution in [3.05, 3.63) is 48.4 Å². The van der Waals surface area contributed by atoms with Crippen LogP contribution in [0.25, 0.3) is 0 Å². The number of amides is 4. The van der Waals surface area contributed by atoms with Gasteiger partial charge in [0.2, 0.25) is 5.91 Å². The second-order valence-corrected chi connectivity index (χ2v) is 9.61. The molecule has 9 nitrogen and oxygen atoms in total. The van der Waals surface area contributed by atoms with Gasteiger partial charge in [-0.15, -0.1) is 0 Å². The van der Waals surface area contributed by atoms with Gasteiger partial charge in [0.15, 0.2) is 0 Å². The van der Waals surface area contributed by atoms with E-state index in [0.717, 1.165) is 12.2 Å². The lowest BCUT2D eigenvalue weighted by molar-refractivity contribution is -0.169. The maximum atomic E-state index is 13.6. The largest absolute Gasteiger partial charge is 0.408 e. The monoisotopic (exact) mass is 548 g/mol. The summed E-state index contributed by atoms with van der Waals surface area (Å²) >= 11 is 0. The van der Waals surface area contributed by atoms with Crippen LogP contribution in [0.15, 0.2) is 42.9 Å². The zero-order valence-electron chi connectivity index (χ0n) is 22.4. The van der Waals surface area contributed by atoms with E-state index < -0.39 is 42.0 Å². The number of alkyl halides is 3. The van der Waals surface area contributed by atoms with Crippen molar-refractivity contribution in [2.75, 3.05) is 23.8 Å². The average molecular weight is 549 g/mol. The number of hydrogen-bond donors (Lipinski definition) is 2. The van der Waals surface area contributed by atoms with Gasteiger partial charge in [-0.1, -0.05) is 19.3 Å². The molecule has 212 valence electrons. The number of β-lactam (4-membered cyclic amide) rings is 1. The van der Waals surface area contributed by atoms with Gasteiger partial charge in [0.25, 0.3) is 5.91 Å². The van der Waals surface area contributed by atoms with E-state index in [1.54, 1.807) is 25.3 Å². The summed E-state index contributed by atoms with van der Waals surface area (Å²) in [4.78, 5) is 47.5. The van der Waals surface area contributed by atoms with Crippen LogP contribution < -0.4 is 15.5 Å². The minimum Gasteiger partial charge on any atom is -0.373 e. The number of hydrogen-bond acceptors (Lipinski definition) is 6. The molecule has 39 heavy (non-hydrogen) atoms. The van der Waals surface area contributed by atoms with Crippen LogP contribution in [0.5, 0.6) is 0 Å². The Labute approximate surface area is 226 Å². The molecule has 4 amide bonds. The molecule has 4 rings (SSSR count). The molecule has 1 aliphatic heterocycles. The number of likely N-dealkylation sites (tertiary alicyclic amines) is 1. The fourth-order valence-corrected chi connectivity index (χ4v) is 4.85. The van der Waals surface area contributed by atoms with Crippen molar-refractivity contribution < 1.29 is 27.6 Å². The van der Waals surface area contributed by atoms with Crippen molar-refractivity contribution in [1.29, 1.82) is 0 Å².